The summed E-state index contributed by atoms with van der Waals surface area (Å²) in [5.74, 6) is 3.22. The van der Waals surface area contributed by atoms with Crippen molar-refractivity contribution >= 4 is 60.6 Å². The average Bonchev–Trinajstić information content (AvgIpc) is 0.803. The van der Waals surface area contributed by atoms with Crippen molar-refractivity contribution in [2.24, 2.45) is 0 Å². The Morgan fingerprint density at radius 3 is 1.18 bits per heavy atom. The summed E-state index contributed by atoms with van der Waals surface area (Å²) < 4.78 is 19.1. The van der Waals surface area contributed by atoms with Crippen molar-refractivity contribution in [3.05, 3.63) is 368 Å². The molecular formula is C76H55BrN2O5. The van der Waals surface area contributed by atoms with Gasteiger partial charge in [-0.15, -0.1) is 0 Å². The lowest BCUT2D eigenvalue weighted by Crippen LogP contribution is -2.38. The van der Waals surface area contributed by atoms with Gasteiger partial charge in [0.2, 0.25) is 5.43 Å². The minimum Gasteiger partial charge on any atom is -0.457 e. The zero-order chi connectivity index (χ0) is 56.9. The van der Waals surface area contributed by atoms with E-state index in [0.29, 0.717) is 33.4 Å². The highest BCUT2D eigenvalue weighted by atomic mass is 79.9. The van der Waals surface area contributed by atoms with Gasteiger partial charge in [0.15, 0.2) is 0 Å². The Labute approximate surface area is 495 Å². The zero-order valence-electron chi connectivity index (χ0n) is 45.5. The molecule has 2 aliphatic heterocycles. The minimum atomic E-state index is -1.33. The SMILES string of the molecule is Brc1ccccc1Nc1ccccc1.O=c1c2ccccc2oc2ccccc12.OC1(c2ccccc2Nc2ccccc2)c2ccccc2Oc2ccccc21.c1ccc2c(c1)Cc1ccccc1C21c2ccccc2Oc2ccccc21. The summed E-state index contributed by atoms with van der Waals surface area (Å²) in [6.45, 7) is 0. The number of hydrogen-bond donors (Lipinski definition) is 3. The van der Waals surface area contributed by atoms with Gasteiger partial charge in [-0.25, -0.2) is 0 Å². The lowest BCUT2D eigenvalue weighted by Gasteiger charge is -2.45. The quantitative estimate of drug-likeness (QED) is 0.148. The van der Waals surface area contributed by atoms with Gasteiger partial charge in [-0.1, -0.05) is 212 Å². The summed E-state index contributed by atoms with van der Waals surface area (Å²) >= 11 is 3.49. The summed E-state index contributed by atoms with van der Waals surface area (Å²) in [6, 6.07) is 101. The van der Waals surface area contributed by atoms with Crippen LogP contribution >= 0.6 is 15.9 Å². The number of aliphatic hydroxyl groups is 1. The van der Waals surface area contributed by atoms with Gasteiger partial charge < -0.3 is 29.6 Å². The van der Waals surface area contributed by atoms with Crippen LogP contribution in [0.4, 0.5) is 22.7 Å². The van der Waals surface area contributed by atoms with Crippen molar-refractivity contribution in [3.8, 4) is 23.0 Å². The lowest BCUT2D eigenvalue weighted by molar-refractivity contribution is 0.113. The molecule has 0 bridgehead atoms. The molecule has 0 fully saturated rings. The van der Waals surface area contributed by atoms with Crippen molar-refractivity contribution in [2.45, 2.75) is 17.4 Å². The highest BCUT2D eigenvalue weighted by Crippen LogP contribution is 2.58. The molecule has 7 nitrogen and oxygen atoms in total. The van der Waals surface area contributed by atoms with Crippen LogP contribution in [0.5, 0.6) is 23.0 Å². The maximum Gasteiger partial charge on any atom is 0.200 e. The fraction of sp³-hybridized carbons (Fsp3) is 0.0395. The Kier molecular flexibility index (Phi) is 14.7. The summed E-state index contributed by atoms with van der Waals surface area (Å²) in [6.07, 6.45) is 0.972. The van der Waals surface area contributed by atoms with Gasteiger partial charge in [0.25, 0.3) is 0 Å². The fourth-order valence-corrected chi connectivity index (χ4v) is 12.2. The second-order valence-corrected chi connectivity index (χ2v) is 21.4. The average molecular weight is 1160 g/mol. The Morgan fingerprint density at radius 2 is 0.690 bits per heavy atom. The number of benzene rings is 12. The van der Waals surface area contributed by atoms with E-state index in [-0.39, 0.29) is 10.8 Å². The van der Waals surface area contributed by atoms with Crippen LogP contribution in [0.2, 0.25) is 0 Å². The first-order chi connectivity index (χ1) is 41.4. The van der Waals surface area contributed by atoms with Crippen LogP contribution in [0, 0.1) is 0 Å². The van der Waals surface area contributed by atoms with E-state index in [0.717, 1.165) is 61.8 Å². The van der Waals surface area contributed by atoms with Crippen molar-refractivity contribution in [3.63, 3.8) is 0 Å². The lowest BCUT2D eigenvalue weighted by atomic mass is 9.58. The molecule has 1 aliphatic carbocycles. The summed E-state index contributed by atoms with van der Waals surface area (Å²) in [7, 11) is 0. The van der Waals surface area contributed by atoms with E-state index < -0.39 is 5.60 Å². The van der Waals surface area contributed by atoms with Crippen molar-refractivity contribution < 1.29 is 19.0 Å². The third kappa shape index (κ3) is 9.97. The van der Waals surface area contributed by atoms with Crippen LogP contribution < -0.4 is 25.5 Å². The number of hydrogen-bond acceptors (Lipinski definition) is 7. The molecule has 0 amide bonds. The second-order valence-electron chi connectivity index (χ2n) is 20.6. The number of ether oxygens (including phenoxy) is 2. The Hall–Kier alpha value is -10.3. The predicted octanol–water partition coefficient (Wildman–Crippen LogP) is 19.0. The molecule has 3 heterocycles. The van der Waals surface area contributed by atoms with Gasteiger partial charge >= 0.3 is 0 Å². The van der Waals surface area contributed by atoms with Gasteiger partial charge in [0.1, 0.15) is 39.8 Å². The second kappa shape index (κ2) is 23.3. The molecule has 16 rings (SSSR count). The molecule has 1 spiro atoms. The number of fused-ring (bicyclic) bond motifs is 12. The molecular weight excluding hydrogens is 1100 g/mol. The van der Waals surface area contributed by atoms with Crippen LogP contribution in [-0.4, -0.2) is 5.11 Å². The third-order valence-electron chi connectivity index (χ3n) is 15.6. The highest BCUT2D eigenvalue weighted by molar-refractivity contribution is 9.10. The van der Waals surface area contributed by atoms with Gasteiger partial charge in [-0.3, -0.25) is 4.79 Å². The van der Waals surface area contributed by atoms with Crippen molar-refractivity contribution in [2.75, 3.05) is 10.6 Å². The Morgan fingerprint density at radius 1 is 0.345 bits per heavy atom. The zero-order valence-corrected chi connectivity index (χ0v) is 47.1. The summed E-state index contributed by atoms with van der Waals surface area (Å²) in [5.41, 5.74) is 13.9. The van der Waals surface area contributed by atoms with E-state index in [1.165, 1.54) is 33.4 Å². The number of halogens is 1. The number of rotatable bonds is 5. The van der Waals surface area contributed by atoms with Crippen LogP contribution in [0.15, 0.2) is 317 Å². The Balaban J connectivity index is 0.000000109. The van der Waals surface area contributed by atoms with Crippen LogP contribution in [-0.2, 0) is 17.4 Å². The van der Waals surface area contributed by atoms with E-state index in [2.05, 4.69) is 124 Å². The van der Waals surface area contributed by atoms with Gasteiger partial charge in [-0.2, -0.15) is 0 Å². The van der Waals surface area contributed by atoms with Gasteiger partial charge in [0, 0.05) is 49.4 Å². The number of anilines is 4. The standard InChI is InChI=1S/C26H18O.C25H19NO2.C13H8O2.C12H10BrN/c1-3-11-20-18(9-1)17-19-10-2-4-12-21(19)26(20)22-13-5-7-15-24(22)27-25-16-8-6-14-23(25)26;27-25(19-12-4-7-15-22(19)26-18-10-2-1-3-11-18)20-13-5-8-16-23(20)28-24-17-9-6-14-21(24)25;14-13-9-5-1-3-7-11(9)15-12-8-4-2-6-10(12)13;13-11-8-4-5-9-12(11)14-10-6-2-1-3-7-10/h1-16H,17H2;1-17,26-27H;1-8H;1-9,14H. The molecule has 3 N–H and O–H groups in total. The molecule has 0 saturated carbocycles. The highest BCUT2D eigenvalue weighted by Gasteiger charge is 2.49. The van der Waals surface area contributed by atoms with E-state index in [1.807, 2.05) is 194 Å². The number of nitrogens with one attached hydrogen (secondary N) is 2. The molecule has 1 aromatic heterocycles. The molecule has 0 saturated heterocycles. The summed E-state index contributed by atoms with van der Waals surface area (Å²) in [5, 5.41) is 20.2. The molecule has 8 heteroatoms. The van der Waals surface area contributed by atoms with E-state index in [1.54, 1.807) is 12.1 Å². The largest absolute Gasteiger partial charge is 0.457 e. The van der Waals surface area contributed by atoms with Crippen molar-refractivity contribution in [1.29, 1.82) is 0 Å². The van der Waals surface area contributed by atoms with Crippen LogP contribution in [0.3, 0.4) is 0 Å². The molecule has 406 valence electrons. The molecule has 3 aliphatic rings. The first-order valence-electron chi connectivity index (χ1n) is 27.9. The summed E-state index contributed by atoms with van der Waals surface area (Å²) in [4.78, 5) is 12.0. The number of para-hydroxylation sites is 10. The van der Waals surface area contributed by atoms with Crippen molar-refractivity contribution in [1.82, 2.24) is 0 Å². The van der Waals surface area contributed by atoms with Crippen LogP contribution in [0.1, 0.15) is 50.1 Å². The minimum absolute atomic E-state index is 0.0347. The topological polar surface area (TPSA) is 93.0 Å². The van der Waals surface area contributed by atoms with E-state index >= 15 is 0 Å². The predicted molar refractivity (Wildman–Crippen MR) is 343 cm³/mol. The Bertz CT molecular complexity index is 4270. The third-order valence-corrected chi connectivity index (χ3v) is 16.3. The van der Waals surface area contributed by atoms with Gasteiger partial charge in [0.05, 0.1) is 21.9 Å². The normalized spacial score (nSPS) is 13.0. The van der Waals surface area contributed by atoms with E-state index in [4.69, 9.17) is 13.9 Å². The first-order valence-corrected chi connectivity index (χ1v) is 28.7. The van der Waals surface area contributed by atoms with Gasteiger partial charge in [-0.05, 0) is 136 Å². The van der Waals surface area contributed by atoms with Crippen LogP contribution in [0.25, 0.3) is 21.9 Å². The van der Waals surface area contributed by atoms with E-state index in [9.17, 15) is 9.90 Å². The smallest absolute Gasteiger partial charge is 0.200 e. The molecule has 12 aromatic carbocycles. The molecule has 84 heavy (non-hydrogen) atoms. The monoisotopic (exact) mass is 1150 g/mol. The maximum absolute atomic E-state index is 12.2. The molecule has 0 unspecified atom stereocenters. The first kappa shape index (κ1) is 53.1. The fourth-order valence-electron chi connectivity index (χ4n) is 11.8. The molecule has 0 radical (unpaired) electrons. The molecule has 13 aromatic rings. The molecule has 0 atom stereocenters. The maximum atomic E-state index is 12.2.